The molecule has 0 saturated carbocycles. The van der Waals surface area contributed by atoms with Crippen molar-refractivity contribution in [2.75, 3.05) is 11.9 Å². The molecule has 2 aromatic carbocycles. The van der Waals surface area contributed by atoms with E-state index in [0.717, 1.165) is 11.1 Å². The van der Waals surface area contributed by atoms with Crippen molar-refractivity contribution in [2.24, 2.45) is 0 Å². The number of nitriles is 1. The van der Waals surface area contributed by atoms with Crippen LogP contribution in [0.2, 0.25) is 0 Å². The minimum Gasteiger partial charge on any atom is -0.460 e. The molecule has 1 atom stereocenters. The van der Waals surface area contributed by atoms with Crippen molar-refractivity contribution in [1.29, 1.82) is 5.26 Å². The van der Waals surface area contributed by atoms with Gasteiger partial charge < -0.3 is 10.1 Å². The van der Waals surface area contributed by atoms with Gasteiger partial charge in [-0.25, -0.2) is 0 Å². The first kappa shape index (κ1) is 24.4. The van der Waals surface area contributed by atoms with Gasteiger partial charge >= 0.3 is 5.97 Å². The molecule has 0 bridgehead atoms. The van der Waals surface area contributed by atoms with Crippen molar-refractivity contribution in [3.05, 3.63) is 59.2 Å². The van der Waals surface area contributed by atoms with Crippen LogP contribution >= 0.6 is 0 Å². The normalized spacial score (nSPS) is 12.6. The predicted octanol–water partition coefficient (Wildman–Crippen LogP) is 4.09. The summed E-state index contributed by atoms with van der Waals surface area (Å²) in [6, 6.07) is 12.9. The molecular formula is C23H28N2O5S. The van der Waals surface area contributed by atoms with Crippen LogP contribution in [0.5, 0.6) is 0 Å². The van der Waals surface area contributed by atoms with E-state index < -0.39 is 27.7 Å². The maximum atomic E-state index is 12.6. The Kier molecular flexibility index (Phi) is 7.82. The van der Waals surface area contributed by atoms with Crippen LogP contribution in [-0.2, 0) is 23.8 Å². The van der Waals surface area contributed by atoms with Crippen LogP contribution in [0.1, 0.15) is 43.9 Å². The summed E-state index contributed by atoms with van der Waals surface area (Å²) in [7, 11) is -3.99. The predicted molar refractivity (Wildman–Crippen MR) is 118 cm³/mol. The number of aryl methyl sites for hydroxylation is 2. The highest BCUT2D eigenvalue weighted by Gasteiger charge is 2.24. The molecule has 0 amide bonds. The van der Waals surface area contributed by atoms with Gasteiger partial charge in [0.05, 0.1) is 35.6 Å². The van der Waals surface area contributed by atoms with E-state index in [2.05, 4.69) is 11.4 Å². The number of hydrogen-bond acceptors (Lipinski definition) is 7. The Labute approximate surface area is 184 Å². The summed E-state index contributed by atoms with van der Waals surface area (Å²) < 4.78 is 35.7. The maximum absolute atomic E-state index is 12.6. The lowest BCUT2D eigenvalue weighted by atomic mass is 10.1. The number of rotatable bonds is 8. The number of esters is 1. The fraction of sp³-hybridized carbons (Fsp3) is 0.391. The lowest BCUT2D eigenvalue weighted by Crippen LogP contribution is -2.33. The van der Waals surface area contributed by atoms with E-state index in [1.54, 1.807) is 58.0 Å². The van der Waals surface area contributed by atoms with Crippen molar-refractivity contribution >= 4 is 21.8 Å². The van der Waals surface area contributed by atoms with Gasteiger partial charge in [0.15, 0.2) is 0 Å². The summed E-state index contributed by atoms with van der Waals surface area (Å²) >= 11 is 0. The van der Waals surface area contributed by atoms with Crippen molar-refractivity contribution in [2.45, 2.75) is 57.6 Å². The monoisotopic (exact) mass is 444 g/mol. The van der Waals surface area contributed by atoms with Crippen LogP contribution < -0.4 is 5.32 Å². The van der Waals surface area contributed by atoms with E-state index in [9.17, 15) is 13.2 Å². The van der Waals surface area contributed by atoms with Crippen LogP contribution in [0, 0.1) is 25.2 Å². The molecule has 31 heavy (non-hydrogen) atoms. The third kappa shape index (κ3) is 7.70. The van der Waals surface area contributed by atoms with Gasteiger partial charge in [-0.05, 0) is 70.5 Å². The van der Waals surface area contributed by atoms with Gasteiger partial charge in [-0.1, -0.05) is 17.7 Å². The first-order valence-electron chi connectivity index (χ1n) is 9.85. The molecule has 0 fully saturated rings. The van der Waals surface area contributed by atoms with Gasteiger partial charge in [0, 0.05) is 5.69 Å². The molecule has 0 heterocycles. The highest BCUT2D eigenvalue weighted by atomic mass is 32.2. The third-order valence-corrected chi connectivity index (χ3v) is 5.58. The minimum atomic E-state index is -3.99. The Morgan fingerprint density at radius 3 is 2.32 bits per heavy atom. The number of carbonyl (C=O) groups excluding carboxylic acids is 1. The van der Waals surface area contributed by atoms with Crippen LogP contribution in [0.15, 0.2) is 47.4 Å². The standard InChI is InChI=1S/C23H28N2O5S/c1-16-6-10-21(11-7-16)31(27,28)29-15-20(13-22(26)30-23(3,4)5)25-19-9-8-18(14-24)17(2)12-19/h6-12,20,25H,13,15H2,1-5H3/t20-/m0/s1. The number of nitrogens with one attached hydrogen (secondary N) is 1. The Hall–Kier alpha value is -2.89. The molecule has 0 aromatic heterocycles. The second kappa shape index (κ2) is 9.94. The Morgan fingerprint density at radius 2 is 1.77 bits per heavy atom. The molecule has 8 heteroatoms. The zero-order chi connectivity index (χ0) is 23.2. The van der Waals surface area contributed by atoms with E-state index in [1.165, 1.54) is 12.1 Å². The Bertz CT molecular complexity index is 1060. The number of anilines is 1. The molecule has 1 N–H and O–H groups in total. The van der Waals surface area contributed by atoms with E-state index in [4.69, 9.17) is 14.2 Å². The number of nitrogens with zero attached hydrogens (tertiary/aromatic N) is 1. The van der Waals surface area contributed by atoms with Crippen molar-refractivity contribution in [3.8, 4) is 6.07 Å². The first-order chi connectivity index (χ1) is 14.4. The molecule has 0 saturated heterocycles. The molecule has 166 valence electrons. The van der Waals surface area contributed by atoms with Gasteiger partial charge in [-0.2, -0.15) is 13.7 Å². The quantitative estimate of drug-likeness (QED) is 0.483. The van der Waals surface area contributed by atoms with Crippen molar-refractivity contribution < 1.29 is 22.1 Å². The minimum absolute atomic E-state index is 0.0448. The average Bonchev–Trinajstić information content (AvgIpc) is 2.65. The van der Waals surface area contributed by atoms with Gasteiger partial charge in [-0.15, -0.1) is 0 Å². The fourth-order valence-electron chi connectivity index (χ4n) is 2.80. The molecule has 0 radical (unpaired) electrons. The zero-order valence-corrected chi connectivity index (χ0v) is 19.2. The van der Waals surface area contributed by atoms with Gasteiger partial charge in [0.1, 0.15) is 5.60 Å². The SMILES string of the molecule is Cc1ccc(S(=O)(=O)OC[C@H](CC(=O)OC(C)(C)C)Nc2ccc(C#N)c(C)c2)cc1. The smallest absolute Gasteiger partial charge is 0.308 e. The molecule has 0 aliphatic rings. The maximum Gasteiger partial charge on any atom is 0.308 e. The molecule has 7 nitrogen and oxygen atoms in total. The fourth-order valence-corrected chi connectivity index (χ4v) is 3.74. The third-order valence-electron chi connectivity index (χ3n) is 4.28. The number of benzene rings is 2. The zero-order valence-electron chi connectivity index (χ0n) is 18.4. The van der Waals surface area contributed by atoms with Crippen molar-refractivity contribution in [3.63, 3.8) is 0 Å². The summed E-state index contributed by atoms with van der Waals surface area (Å²) in [6.45, 7) is 8.66. The summed E-state index contributed by atoms with van der Waals surface area (Å²) in [5.74, 6) is -0.480. The first-order valence-corrected chi connectivity index (χ1v) is 11.3. The summed E-state index contributed by atoms with van der Waals surface area (Å²) in [6.07, 6.45) is -0.0975. The van der Waals surface area contributed by atoms with Gasteiger partial charge in [0.2, 0.25) is 0 Å². The second-order valence-corrected chi connectivity index (χ2v) is 9.94. The molecule has 2 rings (SSSR count). The second-order valence-electron chi connectivity index (χ2n) is 8.33. The van der Waals surface area contributed by atoms with Crippen LogP contribution in [0.25, 0.3) is 0 Å². The number of ether oxygens (including phenoxy) is 1. The van der Waals surface area contributed by atoms with Crippen molar-refractivity contribution in [1.82, 2.24) is 0 Å². The lowest BCUT2D eigenvalue weighted by molar-refractivity contribution is -0.155. The molecule has 0 aliphatic carbocycles. The molecule has 0 unspecified atom stereocenters. The lowest BCUT2D eigenvalue weighted by Gasteiger charge is -2.23. The van der Waals surface area contributed by atoms with Crippen LogP contribution in [0.4, 0.5) is 5.69 Å². The Morgan fingerprint density at radius 1 is 1.13 bits per heavy atom. The van der Waals surface area contributed by atoms with Crippen LogP contribution in [0.3, 0.4) is 0 Å². The number of hydrogen-bond donors (Lipinski definition) is 1. The van der Waals surface area contributed by atoms with E-state index >= 15 is 0 Å². The van der Waals surface area contributed by atoms with Crippen LogP contribution in [-0.4, -0.2) is 32.6 Å². The molecule has 0 spiro atoms. The Balaban J connectivity index is 2.18. The highest BCUT2D eigenvalue weighted by Crippen LogP contribution is 2.19. The highest BCUT2D eigenvalue weighted by molar-refractivity contribution is 7.86. The van der Waals surface area contributed by atoms with E-state index in [1.807, 2.05) is 6.92 Å². The average molecular weight is 445 g/mol. The molecule has 0 aliphatic heterocycles. The summed E-state index contributed by atoms with van der Waals surface area (Å²) in [5, 5.41) is 12.2. The summed E-state index contributed by atoms with van der Waals surface area (Å²) in [4.78, 5) is 12.4. The topological polar surface area (TPSA) is 105 Å². The van der Waals surface area contributed by atoms with Gasteiger partial charge in [0.25, 0.3) is 10.1 Å². The molecular weight excluding hydrogens is 416 g/mol. The summed E-state index contributed by atoms with van der Waals surface area (Å²) in [5.41, 5.74) is 2.20. The van der Waals surface area contributed by atoms with E-state index in [-0.39, 0.29) is 17.9 Å². The largest absolute Gasteiger partial charge is 0.460 e. The van der Waals surface area contributed by atoms with E-state index in [0.29, 0.717) is 11.3 Å². The van der Waals surface area contributed by atoms with Gasteiger partial charge in [-0.3, -0.25) is 8.98 Å². The molecule has 2 aromatic rings. The number of carbonyl (C=O) groups is 1.